The minimum absolute atomic E-state index is 0.0630. The molecule has 0 unspecified atom stereocenters. The van der Waals surface area contributed by atoms with Crippen molar-refractivity contribution in [1.29, 1.82) is 0 Å². The highest BCUT2D eigenvalue weighted by molar-refractivity contribution is 5.78. The maximum atomic E-state index is 11.7. The predicted octanol–water partition coefficient (Wildman–Crippen LogP) is 2.41. The molecule has 0 aromatic heterocycles. The van der Waals surface area contributed by atoms with Crippen LogP contribution in [-0.4, -0.2) is 23.5 Å². The zero-order valence-corrected chi connectivity index (χ0v) is 12.2. The monoisotopic (exact) mass is 277 g/mol. The number of nitrogens with one attached hydrogen (secondary N) is 1. The van der Waals surface area contributed by atoms with Gasteiger partial charge >= 0.3 is 5.97 Å². The summed E-state index contributed by atoms with van der Waals surface area (Å²) < 4.78 is 0. The normalized spacial score (nSPS) is 10.6. The number of rotatable bonds is 8. The van der Waals surface area contributed by atoms with Gasteiger partial charge in [-0.05, 0) is 29.9 Å². The fourth-order valence-electron chi connectivity index (χ4n) is 1.98. The highest BCUT2D eigenvalue weighted by Gasteiger charge is 2.04. The van der Waals surface area contributed by atoms with Gasteiger partial charge < -0.3 is 10.4 Å². The van der Waals surface area contributed by atoms with Gasteiger partial charge in [-0.25, -0.2) is 0 Å². The largest absolute Gasteiger partial charge is 0.481 e. The third-order valence-electron chi connectivity index (χ3n) is 2.92. The maximum Gasteiger partial charge on any atom is 0.303 e. The van der Waals surface area contributed by atoms with E-state index in [0.29, 0.717) is 25.3 Å². The Morgan fingerprint density at radius 3 is 2.30 bits per heavy atom. The molecule has 1 amide bonds. The fourth-order valence-corrected chi connectivity index (χ4v) is 1.98. The van der Waals surface area contributed by atoms with Gasteiger partial charge in [0.1, 0.15) is 0 Å². The predicted molar refractivity (Wildman–Crippen MR) is 78.6 cm³/mol. The molecule has 0 heterocycles. The highest BCUT2D eigenvalue weighted by Crippen LogP contribution is 2.10. The molecule has 0 aliphatic rings. The van der Waals surface area contributed by atoms with Gasteiger partial charge in [0.05, 0.1) is 6.42 Å². The fraction of sp³-hybridized carbons (Fsp3) is 0.500. The number of hydrogen-bond donors (Lipinski definition) is 2. The molecule has 4 nitrogen and oxygen atoms in total. The van der Waals surface area contributed by atoms with E-state index >= 15 is 0 Å². The minimum Gasteiger partial charge on any atom is -0.481 e. The Bertz CT molecular complexity index is 438. The van der Waals surface area contributed by atoms with Crippen molar-refractivity contribution in [2.45, 2.75) is 39.5 Å². The molecule has 20 heavy (non-hydrogen) atoms. The molecule has 0 saturated carbocycles. The van der Waals surface area contributed by atoms with Crippen molar-refractivity contribution in [1.82, 2.24) is 5.32 Å². The van der Waals surface area contributed by atoms with Gasteiger partial charge in [-0.2, -0.15) is 0 Å². The Morgan fingerprint density at radius 1 is 1.15 bits per heavy atom. The van der Waals surface area contributed by atoms with Crippen molar-refractivity contribution < 1.29 is 14.7 Å². The summed E-state index contributed by atoms with van der Waals surface area (Å²) >= 11 is 0. The van der Waals surface area contributed by atoms with E-state index < -0.39 is 5.97 Å². The molecule has 0 aliphatic carbocycles. The molecule has 0 fully saturated rings. The van der Waals surface area contributed by atoms with E-state index in [-0.39, 0.29) is 12.3 Å². The van der Waals surface area contributed by atoms with Crippen molar-refractivity contribution in [3.63, 3.8) is 0 Å². The molecule has 1 aromatic carbocycles. The van der Waals surface area contributed by atoms with Gasteiger partial charge in [0, 0.05) is 13.0 Å². The number of benzene rings is 1. The summed E-state index contributed by atoms with van der Waals surface area (Å²) in [6.45, 7) is 4.77. The molecule has 2 N–H and O–H groups in total. The van der Waals surface area contributed by atoms with Crippen LogP contribution in [0.1, 0.15) is 37.8 Å². The molecule has 110 valence electrons. The SMILES string of the molecule is CC(C)Cc1ccc(CC(=O)NCCCC(=O)O)cc1. The first-order chi connectivity index (χ1) is 9.47. The number of carboxylic acid groups (broad SMARTS) is 1. The second kappa shape index (κ2) is 8.35. The number of hydrogen-bond acceptors (Lipinski definition) is 2. The van der Waals surface area contributed by atoms with Crippen molar-refractivity contribution in [3.8, 4) is 0 Å². The number of amides is 1. The van der Waals surface area contributed by atoms with E-state index in [2.05, 4.69) is 31.3 Å². The lowest BCUT2D eigenvalue weighted by atomic mass is 10.0. The Labute approximate surface area is 120 Å². The van der Waals surface area contributed by atoms with Crippen LogP contribution in [0.15, 0.2) is 24.3 Å². The van der Waals surface area contributed by atoms with Crippen LogP contribution in [0.3, 0.4) is 0 Å². The van der Waals surface area contributed by atoms with Crippen LogP contribution in [0.25, 0.3) is 0 Å². The Balaban J connectivity index is 2.32. The lowest BCUT2D eigenvalue weighted by Crippen LogP contribution is -2.26. The minimum atomic E-state index is -0.833. The molecule has 0 radical (unpaired) electrons. The van der Waals surface area contributed by atoms with Crippen LogP contribution in [0, 0.1) is 5.92 Å². The highest BCUT2D eigenvalue weighted by atomic mass is 16.4. The number of aliphatic carboxylic acids is 1. The molecule has 1 aromatic rings. The summed E-state index contributed by atoms with van der Waals surface area (Å²) in [5.74, 6) is -0.273. The van der Waals surface area contributed by atoms with Crippen LogP contribution in [0.4, 0.5) is 0 Å². The van der Waals surface area contributed by atoms with E-state index in [9.17, 15) is 9.59 Å². The zero-order chi connectivity index (χ0) is 15.0. The first kappa shape index (κ1) is 16.2. The van der Waals surface area contributed by atoms with Gasteiger partial charge in [0.25, 0.3) is 0 Å². The van der Waals surface area contributed by atoms with Gasteiger partial charge in [-0.15, -0.1) is 0 Å². The Morgan fingerprint density at radius 2 is 1.75 bits per heavy atom. The quantitative estimate of drug-likeness (QED) is 0.717. The number of carbonyl (C=O) groups is 2. The second-order valence-electron chi connectivity index (χ2n) is 5.44. The standard InChI is InChI=1S/C16H23NO3/c1-12(2)10-13-5-7-14(8-6-13)11-15(18)17-9-3-4-16(19)20/h5-8,12H,3-4,9-11H2,1-2H3,(H,17,18)(H,19,20). The number of carbonyl (C=O) groups excluding carboxylic acids is 1. The van der Waals surface area contributed by atoms with E-state index in [4.69, 9.17) is 5.11 Å². The van der Waals surface area contributed by atoms with Crippen LogP contribution in [0.2, 0.25) is 0 Å². The van der Waals surface area contributed by atoms with Crippen molar-refractivity contribution in [2.75, 3.05) is 6.54 Å². The van der Waals surface area contributed by atoms with Gasteiger partial charge in [0.2, 0.25) is 5.91 Å². The molecule has 0 spiro atoms. The Kier molecular flexibility index (Phi) is 6.77. The molecular formula is C16H23NO3. The lowest BCUT2D eigenvalue weighted by molar-refractivity contribution is -0.137. The summed E-state index contributed by atoms with van der Waals surface area (Å²) in [5, 5.41) is 11.2. The third kappa shape index (κ3) is 6.92. The second-order valence-corrected chi connectivity index (χ2v) is 5.44. The average molecular weight is 277 g/mol. The van der Waals surface area contributed by atoms with Gasteiger partial charge in [-0.1, -0.05) is 38.1 Å². The van der Waals surface area contributed by atoms with Crippen molar-refractivity contribution in [3.05, 3.63) is 35.4 Å². The van der Waals surface area contributed by atoms with E-state index in [1.54, 1.807) is 0 Å². The van der Waals surface area contributed by atoms with E-state index in [0.717, 1.165) is 12.0 Å². The molecule has 1 rings (SSSR count). The van der Waals surface area contributed by atoms with E-state index in [1.165, 1.54) is 5.56 Å². The van der Waals surface area contributed by atoms with E-state index in [1.807, 2.05) is 12.1 Å². The molecule has 0 atom stereocenters. The van der Waals surface area contributed by atoms with Gasteiger partial charge in [-0.3, -0.25) is 9.59 Å². The average Bonchev–Trinajstić information content (AvgIpc) is 2.36. The molecule has 0 bridgehead atoms. The molecular weight excluding hydrogens is 254 g/mol. The van der Waals surface area contributed by atoms with Gasteiger partial charge in [0.15, 0.2) is 0 Å². The number of carboxylic acids is 1. The van der Waals surface area contributed by atoms with Crippen LogP contribution >= 0.6 is 0 Å². The zero-order valence-electron chi connectivity index (χ0n) is 12.2. The lowest BCUT2D eigenvalue weighted by Gasteiger charge is -2.07. The summed E-state index contributed by atoms with van der Waals surface area (Å²) in [6, 6.07) is 8.09. The Hall–Kier alpha value is -1.84. The maximum absolute atomic E-state index is 11.7. The summed E-state index contributed by atoms with van der Waals surface area (Å²) in [6.07, 6.45) is 1.94. The molecule has 0 saturated heterocycles. The van der Waals surface area contributed by atoms with Crippen LogP contribution < -0.4 is 5.32 Å². The molecule has 0 aliphatic heterocycles. The van der Waals surface area contributed by atoms with Crippen molar-refractivity contribution in [2.24, 2.45) is 5.92 Å². The topological polar surface area (TPSA) is 66.4 Å². The smallest absolute Gasteiger partial charge is 0.303 e. The summed E-state index contributed by atoms with van der Waals surface area (Å²) in [5.41, 5.74) is 2.26. The van der Waals surface area contributed by atoms with Crippen LogP contribution in [0.5, 0.6) is 0 Å². The first-order valence-corrected chi connectivity index (χ1v) is 7.03. The van der Waals surface area contributed by atoms with Crippen LogP contribution in [-0.2, 0) is 22.4 Å². The summed E-state index contributed by atoms with van der Waals surface area (Å²) in [4.78, 5) is 22.0. The first-order valence-electron chi connectivity index (χ1n) is 7.03. The summed E-state index contributed by atoms with van der Waals surface area (Å²) in [7, 11) is 0. The van der Waals surface area contributed by atoms with Crippen molar-refractivity contribution >= 4 is 11.9 Å². The third-order valence-corrected chi connectivity index (χ3v) is 2.92. The molecule has 4 heteroatoms.